The van der Waals surface area contributed by atoms with Crippen molar-refractivity contribution in [1.29, 1.82) is 0 Å². The molecule has 1 aromatic rings. The third-order valence-electron chi connectivity index (χ3n) is 2.61. The number of amides is 1. The van der Waals surface area contributed by atoms with Crippen LogP contribution in [-0.2, 0) is 4.79 Å². The molecule has 6 heteroatoms. The molecule has 0 aliphatic rings. The molecule has 19 heavy (non-hydrogen) atoms. The molecule has 1 amide bonds. The highest BCUT2D eigenvalue weighted by molar-refractivity contribution is 6.42. The van der Waals surface area contributed by atoms with Crippen molar-refractivity contribution in [2.45, 2.75) is 19.9 Å². The quantitative estimate of drug-likeness (QED) is 0.849. The maximum absolute atomic E-state index is 11.6. The highest BCUT2D eigenvalue weighted by Crippen LogP contribution is 2.26. The summed E-state index contributed by atoms with van der Waals surface area (Å²) in [7, 11) is 0. The molecule has 0 saturated heterocycles. The molecule has 0 aliphatic carbocycles. The molecule has 4 nitrogen and oxygen atoms in total. The Balaban J connectivity index is 2.47. The van der Waals surface area contributed by atoms with Crippen molar-refractivity contribution in [3.05, 3.63) is 28.2 Å². The van der Waals surface area contributed by atoms with Crippen LogP contribution in [0.15, 0.2) is 18.2 Å². The van der Waals surface area contributed by atoms with Crippen LogP contribution in [0.5, 0.6) is 5.75 Å². The van der Waals surface area contributed by atoms with Crippen molar-refractivity contribution in [3.63, 3.8) is 0 Å². The monoisotopic (exact) mass is 305 g/mol. The van der Waals surface area contributed by atoms with Gasteiger partial charge in [-0.3, -0.25) is 4.79 Å². The number of ether oxygens (including phenoxy) is 1. The van der Waals surface area contributed by atoms with E-state index in [9.17, 15) is 4.79 Å². The summed E-state index contributed by atoms with van der Waals surface area (Å²) in [6, 6.07) is 4.50. The number of hydrogen-bond acceptors (Lipinski definition) is 3. The number of rotatable bonds is 6. The van der Waals surface area contributed by atoms with Crippen LogP contribution in [0.2, 0.25) is 10.0 Å². The maximum Gasteiger partial charge on any atom is 0.258 e. The smallest absolute Gasteiger partial charge is 0.258 e. The van der Waals surface area contributed by atoms with Crippen LogP contribution in [0, 0.1) is 5.92 Å². The molecule has 2 N–H and O–H groups in total. The SMILES string of the molecule is CC(C)[C@@H](CO)NC(=O)COc1ccc(Cl)c(Cl)c1. The molecule has 0 aromatic heterocycles. The maximum atomic E-state index is 11.6. The summed E-state index contributed by atoms with van der Waals surface area (Å²) in [6.07, 6.45) is 0. The second-order valence-corrected chi connectivity index (χ2v) is 5.28. The van der Waals surface area contributed by atoms with Gasteiger partial charge in [-0.2, -0.15) is 0 Å². The Morgan fingerprint density at radius 1 is 1.37 bits per heavy atom. The topological polar surface area (TPSA) is 58.6 Å². The number of aliphatic hydroxyl groups excluding tert-OH is 1. The van der Waals surface area contributed by atoms with Crippen molar-refractivity contribution in [2.24, 2.45) is 5.92 Å². The fourth-order valence-corrected chi connectivity index (χ4v) is 1.68. The Bertz CT molecular complexity index is 438. The molecule has 0 unspecified atom stereocenters. The highest BCUT2D eigenvalue weighted by Gasteiger charge is 2.15. The molecule has 0 spiro atoms. The minimum absolute atomic E-state index is 0.101. The number of carbonyl (C=O) groups is 1. The molecule has 1 atom stereocenters. The Kier molecular flexibility index (Phi) is 6.42. The number of benzene rings is 1. The van der Waals surface area contributed by atoms with Gasteiger partial charge in [-0.15, -0.1) is 0 Å². The third kappa shape index (κ3) is 5.27. The zero-order chi connectivity index (χ0) is 14.4. The molecule has 0 heterocycles. The lowest BCUT2D eigenvalue weighted by molar-refractivity contribution is -0.124. The summed E-state index contributed by atoms with van der Waals surface area (Å²) >= 11 is 11.6. The van der Waals surface area contributed by atoms with Gasteiger partial charge in [-0.25, -0.2) is 0 Å². The first-order valence-electron chi connectivity index (χ1n) is 5.92. The zero-order valence-corrected chi connectivity index (χ0v) is 12.3. The van der Waals surface area contributed by atoms with Gasteiger partial charge in [0.2, 0.25) is 0 Å². The van der Waals surface area contributed by atoms with Gasteiger partial charge in [0.1, 0.15) is 5.75 Å². The first-order valence-corrected chi connectivity index (χ1v) is 6.67. The molecule has 0 saturated carbocycles. The van der Waals surface area contributed by atoms with Crippen LogP contribution in [0.25, 0.3) is 0 Å². The van der Waals surface area contributed by atoms with Gasteiger partial charge in [0.05, 0.1) is 22.7 Å². The minimum Gasteiger partial charge on any atom is -0.484 e. The molecular weight excluding hydrogens is 289 g/mol. The van der Waals surface area contributed by atoms with Crippen molar-refractivity contribution in [1.82, 2.24) is 5.32 Å². The van der Waals surface area contributed by atoms with Gasteiger partial charge in [0.25, 0.3) is 5.91 Å². The van der Waals surface area contributed by atoms with E-state index in [1.807, 2.05) is 13.8 Å². The molecule has 0 aliphatic heterocycles. The molecule has 1 rings (SSSR count). The first kappa shape index (κ1) is 16.1. The lowest BCUT2D eigenvalue weighted by Crippen LogP contribution is -2.43. The van der Waals surface area contributed by atoms with E-state index in [4.69, 9.17) is 33.0 Å². The number of halogens is 2. The molecule has 1 aromatic carbocycles. The van der Waals surface area contributed by atoms with E-state index in [1.165, 1.54) is 0 Å². The van der Waals surface area contributed by atoms with Gasteiger partial charge in [-0.1, -0.05) is 37.0 Å². The van der Waals surface area contributed by atoms with Gasteiger partial charge >= 0.3 is 0 Å². The third-order valence-corrected chi connectivity index (χ3v) is 3.35. The largest absolute Gasteiger partial charge is 0.484 e. The van der Waals surface area contributed by atoms with E-state index in [0.717, 1.165) is 0 Å². The van der Waals surface area contributed by atoms with E-state index < -0.39 is 0 Å². The van der Waals surface area contributed by atoms with E-state index in [-0.39, 0.29) is 31.1 Å². The lowest BCUT2D eigenvalue weighted by atomic mass is 10.1. The van der Waals surface area contributed by atoms with Gasteiger partial charge in [0, 0.05) is 6.07 Å². The fraction of sp³-hybridized carbons (Fsp3) is 0.462. The lowest BCUT2D eigenvalue weighted by Gasteiger charge is -2.19. The molecule has 0 fully saturated rings. The van der Waals surface area contributed by atoms with Crippen LogP contribution in [0.1, 0.15) is 13.8 Å². The van der Waals surface area contributed by atoms with Crippen molar-refractivity contribution in [3.8, 4) is 5.75 Å². The van der Waals surface area contributed by atoms with Crippen LogP contribution >= 0.6 is 23.2 Å². The van der Waals surface area contributed by atoms with Crippen molar-refractivity contribution in [2.75, 3.05) is 13.2 Å². The Hall–Kier alpha value is -0.970. The summed E-state index contributed by atoms with van der Waals surface area (Å²) in [4.78, 5) is 11.6. The van der Waals surface area contributed by atoms with Crippen LogP contribution in [0.4, 0.5) is 0 Å². The van der Waals surface area contributed by atoms with Crippen molar-refractivity contribution < 1.29 is 14.6 Å². The molecular formula is C13H17Cl2NO3. The summed E-state index contributed by atoms with van der Waals surface area (Å²) in [5, 5.41) is 12.6. The summed E-state index contributed by atoms with van der Waals surface area (Å²) in [5.41, 5.74) is 0. The van der Waals surface area contributed by atoms with E-state index in [0.29, 0.717) is 15.8 Å². The number of carbonyl (C=O) groups excluding carboxylic acids is 1. The first-order chi connectivity index (χ1) is 8.93. The van der Waals surface area contributed by atoms with E-state index in [1.54, 1.807) is 18.2 Å². The minimum atomic E-state index is -0.293. The molecule has 0 radical (unpaired) electrons. The Morgan fingerprint density at radius 3 is 2.58 bits per heavy atom. The summed E-state index contributed by atoms with van der Waals surface area (Å²) < 4.78 is 5.29. The standard InChI is InChI=1S/C13H17Cl2NO3/c1-8(2)12(6-17)16-13(18)7-19-9-3-4-10(14)11(15)5-9/h3-5,8,12,17H,6-7H2,1-2H3,(H,16,18)/t12-/m1/s1. The second kappa shape index (κ2) is 7.58. The predicted octanol–water partition coefficient (Wildman–Crippen LogP) is 2.51. The average Bonchev–Trinajstić information content (AvgIpc) is 2.37. The predicted molar refractivity (Wildman–Crippen MR) is 75.8 cm³/mol. The van der Waals surface area contributed by atoms with Crippen LogP contribution < -0.4 is 10.1 Å². The second-order valence-electron chi connectivity index (χ2n) is 4.47. The normalized spacial score (nSPS) is 12.3. The highest BCUT2D eigenvalue weighted by atomic mass is 35.5. The molecule has 0 bridgehead atoms. The number of aliphatic hydroxyl groups is 1. The Labute approximate surface area is 122 Å². The van der Waals surface area contributed by atoms with Gasteiger partial charge in [0.15, 0.2) is 6.61 Å². The van der Waals surface area contributed by atoms with Gasteiger partial charge in [-0.05, 0) is 18.1 Å². The van der Waals surface area contributed by atoms with E-state index >= 15 is 0 Å². The van der Waals surface area contributed by atoms with Crippen LogP contribution in [-0.4, -0.2) is 30.3 Å². The average molecular weight is 306 g/mol. The summed E-state index contributed by atoms with van der Waals surface area (Å²) in [5.74, 6) is 0.326. The zero-order valence-electron chi connectivity index (χ0n) is 10.8. The number of hydrogen-bond donors (Lipinski definition) is 2. The van der Waals surface area contributed by atoms with Gasteiger partial charge < -0.3 is 15.2 Å². The summed E-state index contributed by atoms with van der Waals surface area (Å²) in [6.45, 7) is 3.60. The Morgan fingerprint density at radius 2 is 2.05 bits per heavy atom. The fourth-order valence-electron chi connectivity index (χ4n) is 1.39. The van der Waals surface area contributed by atoms with E-state index in [2.05, 4.69) is 5.32 Å². The van der Waals surface area contributed by atoms with Crippen molar-refractivity contribution >= 4 is 29.1 Å². The number of nitrogens with one attached hydrogen (secondary N) is 1. The molecule has 106 valence electrons. The van der Waals surface area contributed by atoms with Crippen LogP contribution in [0.3, 0.4) is 0 Å².